The number of anilines is 2. The number of thioether (sulfide) groups is 1. The molecule has 1 N–H and O–H groups in total. The van der Waals surface area contributed by atoms with Crippen molar-refractivity contribution >= 4 is 56.5 Å². The van der Waals surface area contributed by atoms with Crippen LogP contribution >= 0.6 is 23.1 Å². The number of fused-ring (bicyclic) bond motifs is 2. The van der Waals surface area contributed by atoms with Crippen LogP contribution in [0.5, 0.6) is 0 Å². The molecule has 0 fully saturated rings. The van der Waals surface area contributed by atoms with Crippen molar-refractivity contribution in [2.45, 2.75) is 4.90 Å². The van der Waals surface area contributed by atoms with Gasteiger partial charge in [0.05, 0.1) is 21.7 Å². The van der Waals surface area contributed by atoms with Gasteiger partial charge in [-0.1, -0.05) is 24.3 Å². The molecule has 1 aliphatic heterocycles. The van der Waals surface area contributed by atoms with Crippen LogP contribution in [0.3, 0.4) is 0 Å². The SMILES string of the molecule is O=C(CN1C(=O)CSc2ccccc21)Nc1ccc(-c2nc3ccccc3s2)cc1. The number of carbonyl (C=O) groups excluding carboxylic acids is 2. The van der Waals surface area contributed by atoms with E-state index >= 15 is 0 Å². The molecule has 0 radical (unpaired) electrons. The summed E-state index contributed by atoms with van der Waals surface area (Å²) in [5, 5.41) is 3.84. The minimum Gasteiger partial charge on any atom is -0.325 e. The van der Waals surface area contributed by atoms with Gasteiger partial charge in [-0.15, -0.1) is 23.1 Å². The minimum absolute atomic E-state index is 0.00394. The lowest BCUT2D eigenvalue weighted by Gasteiger charge is -2.28. The number of amides is 2. The van der Waals surface area contributed by atoms with Crippen LogP contribution in [0.1, 0.15) is 0 Å². The Morgan fingerprint density at radius 2 is 1.77 bits per heavy atom. The molecule has 1 aromatic heterocycles. The topological polar surface area (TPSA) is 62.3 Å². The quantitative estimate of drug-likeness (QED) is 0.492. The Kier molecular flexibility index (Phi) is 4.98. The van der Waals surface area contributed by atoms with E-state index in [2.05, 4.69) is 16.4 Å². The molecule has 2 amide bonds. The highest BCUT2D eigenvalue weighted by molar-refractivity contribution is 8.00. The first-order chi connectivity index (χ1) is 14.7. The molecule has 0 saturated carbocycles. The molecule has 7 heteroatoms. The van der Waals surface area contributed by atoms with Gasteiger partial charge in [0.2, 0.25) is 11.8 Å². The largest absolute Gasteiger partial charge is 0.325 e. The normalized spacial score (nSPS) is 13.3. The highest BCUT2D eigenvalue weighted by atomic mass is 32.2. The van der Waals surface area contributed by atoms with Gasteiger partial charge >= 0.3 is 0 Å². The fraction of sp³-hybridized carbons (Fsp3) is 0.0870. The van der Waals surface area contributed by atoms with Gasteiger partial charge in [0.15, 0.2) is 0 Å². The van der Waals surface area contributed by atoms with Gasteiger partial charge in [0.25, 0.3) is 0 Å². The van der Waals surface area contributed by atoms with Gasteiger partial charge < -0.3 is 10.2 Å². The lowest BCUT2D eigenvalue weighted by molar-refractivity contribution is -0.120. The maximum absolute atomic E-state index is 12.6. The second-order valence-corrected chi connectivity index (χ2v) is 8.90. The van der Waals surface area contributed by atoms with E-state index in [9.17, 15) is 9.59 Å². The Hall–Kier alpha value is -3.16. The van der Waals surface area contributed by atoms with Crippen molar-refractivity contribution in [2.24, 2.45) is 0 Å². The van der Waals surface area contributed by atoms with Gasteiger partial charge in [0, 0.05) is 16.1 Å². The predicted molar refractivity (Wildman–Crippen MR) is 123 cm³/mol. The summed E-state index contributed by atoms with van der Waals surface area (Å²) in [5.41, 5.74) is 3.47. The molecule has 30 heavy (non-hydrogen) atoms. The summed E-state index contributed by atoms with van der Waals surface area (Å²) in [6.07, 6.45) is 0. The van der Waals surface area contributed by atoms with Crippen LogP contribution in [-0.4, -0.2) is 29.1 Å². The van der Waals surface area contributed by atoms with Gasteiger partial charge in [0.1, 0.15) is 11.6 Å². The van der Waals surface area contributed by atoms with Gasteiger partial charge in [-0.2, -0.15) is 0 Å². The number of hydrogen-bond donors (Lipinski definition) is 1. The van der Waals surface area contributed by atoms with Crippen molar-refractivity contribution in [3.63, 3.8) is 0 Å². The smallest absolute Gasteiger partial charge is 0.244 e. The summed E-state index contributed by atoms with van der Waals surface area (Å²) in [5.74, 6) is 0.0686. The minimum atomic E-state index is -0.224. The summed E-state index contributed by atoms with van der Waals surface area (Å²) < 4.78 is 1.15. The van der Waals surface area contributed by atoms with E-state index in [1.165, 1.54) is 11.8 Å². The second-order valence-electron chi connectivity index (χ2n) is 6.85. The molecular formula is C23H17N3O2S2. The number of carbonyl (C=O) groups is 2. The molecule has 1 aliphatic rings. The standard InChI is InChI=1S/C23H17N3O2S2/c27-21(13-26-18-6-2-4-8-20(18)29-14-22(26)28)24-16-11-9-15(10-12-16)23-25-17-5-1-3-7-19(17)30-23/h1-12H,13-14H2,(H,24,27). The number of aromatic nitrogens is 1. The highest BCUT2D eigenvalue weighted by Gasteiger charge is 2.26. The Bertz CT molecular complexity index is 1220. The monoisotopic (exact) mass is 431 g/mol. The van der Waals surface area contributed by atoms with Crippen LogP contribution in [0.4, 0.5) is 11.4 Å². The van der Waals surface area contributed by atoms with E-state index in [1.54, 1.807) is 16.2 Å². The van der Waals surface area contributed by atoms with E-state index in [0.29, 0.717) is 11.4 Å². The Morgan fingerprint density at radius 3 is 2.60 bits per heavy atom. The lowest BCUT2D eigenvalue weighted by Crippen LogP contribution is -2.41. The zero-order chi connectivity index (χ0) is 20.5. The molecule has 0 spiro atoms. The van der Waals surface area contributed by atoms with Crippen LogP contribution < -0.4 is 10.2 Å². The van der Waals surface area contributed by atoms with Gasteiger partial charge in [-0.25, -0.2) is 4.98 Å². The zero-order valence-electron chi connectivity index (χ0n) is 15.9. The Balaban J connectivity index is 1.29. The number of nitrogens with zero attached hydrogens (tertiary/aromatic N) is 2. The molecule has 0 aliphatic carbocycles. The number of nitrogens with one attached hydrogen (secondary N) is 1. The van der Waals surface area contributed by atoms with Crippen molar-refractivity contribution < 1.29 is 9.59 Å². The molecule has 3 aromatic carbocycles. The zero-order valence-corrected chi connectivity index (χ0v) is 17.5. The van der Waals surface area contributed by atoms with Gasteiger partial charge in [-0.05, 0) is 48.5 Å². The maximum atomic E-state index is 12.6. The van der Waals surface area contributed by atoms with Crippen molar-refractivity contribution in [1.82, 2.24) is 4.98 Å². The molecule has 5 rings (SSSR count). The van der Waals surface area contributed by atoms with Crippen molar-refractivity contribution in [3.8, 4) is 10.6 Å². The molecule has 148 valence electrons. The van der Waals surface area contributed by atoms with Crippen molar-refractivity contribution in [3.05, 3.63) is 72.8 Å². The first-order valence-corrected chi connectivity index (χ1v) is 11.3. The maximum Gasteiger partial charge on any atom is 0.244 e. The van der Waals surface area contributed by atoms with E-state index in [4.69, 9.17) is 0 Å². The fourth-order valence-electron chi connectivity index (χ4n) is 3.36. The fourth-order valence-corrected chi connectivity index (χ4v) is 5.27. The third-order valence-corrected chi connectivity index (χ3v) is 6.95. The summed E-state index contributed by atoms with van der Waals surface area (Å²) in [7, 11) is 0. The lowest BCUT2D eigenvalue weighted by atomic mass is 10.2. The molecule has 2 heterocycles. The van der Waals surface area contributed by atoms with Crippen LogP contribution in [0.2, 0.25) is 0 Å². The third kappa shape index (κ3) is 3.69. The molecular weight excluding hydrogens is 414 g/mol. The Labute approximate surface area is 181 Å². The molecule has 5 nitrogen and oxygen atoms in total. The van der Waals surface area contributed by atoms with Crippen LogP contribution in [-0.2, 0) is 9.59 Å². The molecule has 4 aromatic rings. The van der Waals surface area contributed by atoms with Crippen molar-refractivity contribution in [1.29, 1.82) is 0 Å². The van der Waals surface area contributed by atoms with Gasteiger partial charge in [-0.3, -0.25) is 9.59 Å². The van der Waals surface area contributed by atoms with E-state index < -0.39 is 0 Å². The summed E-state index contributed by atoms with van der Waals surface area (Å²) >= 11 is 3.15. The summed E-state index contributed by atoms with van der Waals surface area (Å²) in [4.78, 5) is 32.2. The van der Waals surface area contributed by atoms with Crippen LogP contribution in [0.15, 0.2) is 77.7 Å². The average molecular weight is 432 g/mol. The van der Waals surface area contributed by atoms with E-state index in [-0.39, 0.29) is 18.4 Å². The Morgan fingerprint density at radius 1 is 1.00 bits per heavy atom. The molecule has 0 unspecified atom stereocenters. The van der Waals surface area contributed by atoms with E-state index in [0.717, 1.165) is 31.4 Å². The summed E-state index contributed by atoms with van der Waals surface area (Å²) in [6.45, 7) is -0.00394. The highest BCUT2D eigenvalue weighted by Crippen LogP contribution is 2.35. The van der Waals surface area contributed by atoms with E-state index in [1.807, 2.05) is 66.7 Å². The van der Waals surface area contributed by atoms with Crippen molar-refractivity contribution in [2.75, 3.05) is 22.5 Å². The predicted octanol–water partition coefficient (Wildman–Crippen LogP) is 5.04. The number of para-hydroxylation sites is 2. The molecule has 0 saturated heterocycles. The summed E-state index contributed by atoms with van der Waals surface area (Å²) in [6, 6.07) is 23.3. The first kappa shape index (κ1) is 18.8. The number of benzene rings is 3. The molecule has 0 bridgehead atoms. The second kappa shape index (κ2) is 7.93. The third-order valence-electron chi connectivity index (χ3n) is 4.82. The average Bonchev–Trinajstić information content (AvgIpc) is 3.20. The van der Waals surface area contributed by atoms with Crippen LogP contribution in [0.25, 0.3) is 20.8 Å². The molecule has 0 atom stereocenters. The van der Waals surface area contributed by atoms with Crippen LogP contribution in [0, 0.1) is 0 Å². The number of hydrogen-bond acceptors (Lipinski definition) is 5. The number of rotatable bonds is 4. The first-order valence-electron chi connectivity index (χ1n) is 9.45. The number of thiazole rings is 1.